The number of carbonyl (C=O) groups excluding carboxylic acids is 1. The molecule has 0 bridgehead atoms. The number of benzene rings is 1. The van der Waals surface area contributed by atoms with Crippen LogP contribution in [0.2, 0.25) is 0 Å². The molecule has 0 radical (unpaired) electrons. The van der Waals surface area contributed by atoms with Gasteiger partial charge in [-0.3, -0.25) is 0 Å². The van der Waals surface area contributed by atoms with Crippen LogP contribution < -0.4 is 15.4 Å². The molecule has 5 heteroatoms. The maximum Gasteiger partial charge on any atom is 0.315 e. The predicted molar refractivity (Wildman–Crippen MR) is 67.5 cm³/mol. The average Bonchev–Trinajstić information content (AvgIpc) is 2.59. The van der Waals surface area contributed by atoms with Gasteiger partial charge in [-0.25, -0.2) is 4.79 Å². The first-order chi connectivity index (χ1) is 8.81. The number of rotatable bonds is 3. The Balaban J connectivity index is 2.06. The Morgan fingerprint density at radius 2 is 2.28 bits per heavy atom. The lowest BCUT2D eigenvalue weighted by Crippen LogP contribution is -2.39. The molecule has 1 aliphatic heterocycles. The van der Waals surface area contributed by atoms with E-state index in [0.29, 0.717) is 6.61 Å². The number of nitrogens with one attached hydrogen (secondary N) is 2. The third kappa shape index (κ3) is 3.13. The van der Waals surface area contributed by atoms with E-state index in [1.807, 2.05) is 24.3 Å². The highest BCUT2D eigenvalue weighted by atomic mass is 16.5. The Morgan fingerprint density at radius 1 is 1.44 bits per heavy atom. The summed E-state index contributed by atoms with van der Waals surface area (Å²) in [4.78, 5) is 11.6. The molecule has 1 atom stereocenters. The van der Waals surface area contributed by atoms with Gasteiger partial charge in [0.25, 0.3) is 0 Å². The van der Waals surface area contributed by atoms with Crippen LogP contribution in [-0.2, 0) is 0 Å². The number of carbonyl (C=O) groups is 1. The zero-order chi connectivity index (χ0) is 12.8. The topological polar surface area (TPSA) is 70.6 Å². The van der Waals surface area contributed by atoms with Crippen LogP contribution in [0.3, 0.4) is 0 Å². The zero-order valence-electron chi connectivity index (χ0n) is 10.2. The Kier molecular flexibility index (Phi) is 4.41. The van der Waals surface area contributed by atoms with E-state index in [-0.39, 0.29) is 25.2 Å². The van der Waals surface area contributed by atoms with Gasteiger partial charge in [0.05, 0.1) is 19.3 Å². The van der Waals surface area contributed by atoms with E-state index >= 15 is 0 Å². The molecule has 0 fully saturated rings. The van der Waals surface area contributed by atoms with E-state index in [2.05, 4.69) is 10.6 Å². The largest absolute Gasteiger partial charge is 0.493 e. The molecule has 2 rings (SSSR count). The molecule has 0 spiro atoms. The molecule has 98 valence electrons. The molecule has 3 N–H and O–H groups in total. The van der Waals surface area contributed by atoms with E-state index in [1.165, 1.54) is 0 Å². The first kappa shape index (κ1) is 12.7. The van der Waals surface area contributed by atoms with Crippen LogP contribution in [0.1, 0.15) is 24.4 Å². The number of aliphatic hydroxyl groups is 1. The number of aliphatic hydroxyl groups excluding tert-OH is 1. The van der Waals surface area contributed by atoms with Gasteiger partial charge in [-0.05, 0) is 18.9 Å². The molecule has 1 heterocycles. The highest BCUT2D eigenvalue weighted by Crippen LogP contribution is 2.30. The molecule has 1 aromatic rings. The van der Waals surface area contributed by atoms with Crippen molar-refractivity contribution in [1.82, 2.24) is 10.6 Å². The molecule has 0 saturated heterocycles. The molecule has 0 aromatic heterocycles. The Bertz CT molecular complexity index is 409. The summed E-state index contributed by atoms with van der Waals surface area (Å²) in [5, 5.41) is 14.2. The smallest absolute Gasteiger partial charge is 0.315 e. The number of para-hydroxylation sites is 1. The van der Waals surface area contributed by atoms with Crippen molar-refractivity contribution in [3.63, 3.8) is 0 Å². The molecule has 0 saturated carbocycles. The molecular weight excluding hydrogens is 232 g/mol. The lowest BCUT2D eigenvalue weighted by Gasteiger charge is -2.18. The summed E-state index contributed by atoms with van der Waals surface area (Å²) in [6.07, 6.45) is 1.75. The molecule has 18 heavy (non-hydrogen) atoms. The minimum absolute atomic E-state index is 0.0395. The fourth-order valence-electron chi connectivity index (χ4n) is 2.05. The third-order valence-corrected chi connectivity index (χ3v) is 2.89. The summed E-state index contributed by atoms with van der Waals surface area (Å²) in [6, 6.07) is 7.45. The lowest BCUT2D eigenvalue weighted by molar-refractivity contribution is 0.230. The summed E-state index contributed by atoms with van der Waals surface area (Å²) in [6.45, 7) is 0.877. The van der Waals surface area contributed by atoms with Crippen molar-refractivity contribution in [1.29, 1.82) is 0 Å². The van der Waals surface area contributed by atoms with Crippen molar-refractivity contribution in [2.75, 3.05) is 19.8 Å². The number of hydrogen-bond donors (Lipinski definition) is 3. The zero-order valence-corrected chi connectivity index (χ0v) is 10.2. The van der Waals surface area contributed by atoms with Gasteiger partial charge in [0.15, 0.2) is 0 Å². The van der Waals surface area contributed by atoms with Crippen LogP contribution in [-0.4, -0.2) is 30.9 Å². The van der Waals surface area contributed by atoms with Crippen molar-refractivity contribution in [3.05, 3.63) is 29.8 Å². The van der Waals surface area contributed by atoms with E-state index in [1.54, 1.807) is 0 Å². The lowest BCUT2D eigenvalue weighted by atomic mass is 10.0. The SMILES string of the molecule is O=C(NCCO)NC1CCCOc2ccccc21. The van der Waals surface area contributed by atoms with Crippen LogP contribution >= 0.6 is 0 Å². The van der Waals surface area contributed by atoms with Gasteiger partial charge in [0.2, 0.25) is 0 Å². The normalized spacial score (nSPS) is 18.2. The molecular formula is C13H18N2O3. The summed E-state index contributed by atoms with van der Waals surface area (Å²) >= 11 is 0. The van der Waals surface area contributed by atoms with Gasteiger partial charge < -0.3 is 20.5 Å². The fraction of sp³-hybridized carbons (Fsp3) is 0.462. The van der Waals surface area contributed by atoms with Crippen molar-refractivity contribution in [2.24, 2.45) is 0 Å². The summed E-state index contributed by atoms with van der Waals surface area (Å²) in [5.74, 6) is 0.836. The fourth-order valence-corrected chi connectivity index (χ4v) is 2.05. The standard InChI is InChI=1S/C13H18N2O3/c16-8-7-14-13(17)15-11-5-3-9-18-12-6-2-1-4-10(11)12/h1-2,4,6,11,16H,3,5,7-9H2,(H2,14,15,17). The molecule has 0 aliphatic carbocycles. The quantitative estimate of drug-likeness (QED) is 0.754. The minimum atomic E-state index is -0.259. The second-order valence-electron chi connectivity index (χ2n) is 4.20. The van der Waals surface area contributed by atoms with E-state index in [9.17, 15) is 4.79 Å². The monoisotopic (exact) mass is 250 g/mol. The summed E-state index contributed by atoms with van der Waals surface area (Å²) in [7, 11) is 0. The summed E-state index contributed by atoms with van der Waals surface area (Å²) in [5.41, 5.74) is 1.01. The van der Waals surface area contributed by atoms with Gasteiger partial charge in [0, 0.05) is 12.1 Å². The minimum Gasteiger partial charge on any atom is -0.493 e. The van der Waals surface area contributed by atoms with Crippen molar-refractivity contribution in [2.45, 2.75) is 18.9 Å². The molecule has 1 aliphatic rings. The second-order valence-corrected chi connectivity index (χ2v) is 4.20. The van der Waals surface area contributed by atoms with Crippen LogP contribution in [0.5, 0.6) is 5.75 Å². The van der Waals surface area contributed by atoms with Crippen LogP contribution in [0.15, 0.2) is 24.3 Å². The Hall–Kier alpha value is -1.75. The van der Waals surface area contributed by atoms with Crippen molar-refractivity contribution in [3.8, 4) is 5.75 Å². The van der Waals surface area contributed by atoms with Gasteiger partial charge >= 0.3 is 6.03 Å². The maximum atomic E-state index is 11.6. The number of hydrogen-bond acceptors (Lipinski definition) is 3. The van der Waals surface area contributed by atoms with Crippen LogP contribution in [0, 0.1) is 0 Å². The molecule has 5 nitrogen and oxygen atoms in total. The molecule has 1 unspecified atom stereocenters. The van der Waals surface area contributed by atoms with Crippen molar-refractivity contribution < 1.29 is 14.6 Å². The predicted octanol–water partition coefficient (Wildman–Crippen LogP) is 1.19. The number of amides is 2. The van der Waals surface area contributed by atoms with E-state index in [0.717, 1.165) is 24.2 Å². The first-order valence-electron chi connectivity index (χ1n) is 6.18. The first-order valence-corrected chi connectivity index (χ1v) is 6.18. The Morgan fingerprint density at radius 3 is 3.11 bits per heavy atom. The third-order valence-electron chi connectivity index (χ3n) is 2.89. The highest BCUT2D eigenvalue weighted by molar-refractivity contribution is 5.74. The van der Waals surface area contributed by atoms with Crippen molar-refractivity contribution >= 4 is 6.03 Å². The van der Waals surface area contributed by atoms with E-state index in [4.69, 9.17) is 9.84 Å². The molecule has 1 aromatic carbocycles. The van der Waals surface area contributed by atoms with Gasteiger partial charge in [0.1, 0.15) is 5.75 Å². The number of urea groups is 1. The highest BCUT2D eigenvalue weighted by Gasteiger charge is 2.20. The van der Waals surface area contributed by atoms with Crippen LogP contribution in [0.4, 0.5) is 4.79 Å². The van der Waals surface area contributed by atoms with Crippen LogP contribution in [0.25, 0.3) is 0 Å². The maximum absolute atomic E-state index is 11.6. The summed E-state index contributed by atoms with van der Waals surface area (Å²) < 4.78 is 5.63. The Labute approximate surface area is 106 Å². The van der Waals surface area contributed by atoms with Gasteiger partial charge in [-0.15, -0.1) is 0 Å². The van der Waals surface area contributed by atoms with Gasteiger partial charge in [-0.1, -0.05) is 18.2 Å². The second kappa shape index (κ2) is 6.26. The molecule has 2 amide bonds. The van der Waals surface area contributed by atoms with E-state index < -0.39 is 0 Å². The number of fused-ring (bicyclic) bond motifs is 1. The van der Waals surface area contributed by atoms with Gasteiger partial charge in [-0.2, -0.15) is 0 Å². The number of ether oxygens (including phenoxy) is 1. The average molecular weight is 250 g/mol.